The molecule has 0 aliphatic carbocycles. The number of hydrogen-bond acceptors (Lipinski definition) is 2. The van der Waals surface area contributed by atoms with Gasteiger partial charge in [0.1, 0.15) is 5.82 Å². The molecule has 0 radical (unpaired) electrons. The molecule has 0 bridgehead atoms. The minimum atomic E-state index is -0.316. The lowest BCUT2D eigenvalue weighted by atomic mass is 10.1. The number of nitrogens with one attached hydrogen (secondary N) is 2. The van der Waals surface area contributed by atoms with Crippen molar-refractivity contribution >= 4 is 17.5 Å². The maximum Gasteiger partial charge on any atom is 0.253 e. The monoisotopic (exact) mass is 342 g/mol. The summed E-state index contributed by atoms with van der Waals surface area (Å²) in [5.74, 6) is -0.796. The summed E-state index contributed by atoms with van der Waals surface area (Å²) in [5.41, 5.74) is 1.38. The van der Waals surface area contributed by atoms with Crippen LogP contribution in [-0.4, -0.2) is 17.9 Å². The van der Waals surface area contributed by atoms with E-state index < -0.39 is 0 Å². The van der Waals surface area contributed by atoms with Gasteiger partial charge in [-0.05, 0) is 43.5 Å². The van der Waals surface area contributed by atoms with Gasteiger partial charge in [0, 0.05) is 12.5 Å². The number of halogens is 1. The smallest absolute Gasteiger partial charge is 0.253 e. The van der Waals surface area contributed by atoms with E-state index in [1.807, 2.05) is 13.8 Å². The molecule has 2 rings (SSSR count). The predicted octanol–water partition coefficient (Wildman–Crippen LogP) is 3.93. The van der Waals surface area contributed by atoms with Crippen LogP contribution in [0.2, 0.25) is 0 Å². The second kappa shape index (κ2) is 8.97. The minimum absolute atomic E-state index is 0.0531. The molecule has 2 N–H and O–H groups in total. The quantitative estimate of drug-likeness (QED) is 0.801. The van der Waals surface area contributed by atoms with Crippen molar-refractivity contribution in [2.24, 2.45) is 0 Å². The van der Waals surface area contributed by atoms with Crippen LogP contribution in [0.4, 0.5) is 10.1 Å². The molecule has 0 aliphatic rings. The average Bonchev–Trinajstić information content (AvgIpc) is 2.61. The molecule has 0 heterocycles. The van der Waals surface area contributed by atoms with Crippen LogP contribution in [0.15, 0.2) is 48.5 Å². The highest BCUT2D eigenvalue weighted by molar-refractivity contribution is 6.03. The fourth-order valence-corrected chi connectivity index (χ4v) is 2.36. The summed E-state index contributed by atoms with van der Waals surface area (Å²) in [6.07, 6.45) is 1.27. The summed E-state index contributed by atoms with van der Waals surface area (Å²) in [6, 6.07) is 13.3. The molecule has 0 aliphatic heterocycles. The number of carbonyl (C=O) groups excluding carboxylic acids is 2. The van der Waals surface area contributed by atoms with Crippen molar-refractivity contribution in [3.63, 3.8) is 0 Å². The SMILES string of the molecule is CC[C@H](C)NC(=O)c1ccccc1NC(=O)CCc1ccccc1F. The normalized spacial score (nSPS) is 11.6. The Balaban J connectivity index is 2.01. The molecule has 25 heavy (non-hydrogen) atoms. The van der Waals surface area contributed by atoms with Crippen molar-refractivity contribution in [1.29, 1.82) is 0 Å². The van der Waals surface area contributed by atoms with Crippen molar-refractivity contribution in [2.75, 3.05) is 5.32 Å². The van der Waals surface area contributed by atoms with E-state index in [4.69, 9.17) is 0 Å². The van der Waals surface area contributed by atoms with Crippen LogP contribution in [-0.2, 0) is 11.2 Å². The van der Waals surface area contributed by atoms with Crippen molar-refractivity contribution in [1.82, 2.24) is 5.32 Å². The first-order valence-electron chi connectivity index (χ1n) is 8.44. The second-order valence-electron chi connectivity index (χ2n) is 5.97. The summed E-state index contributed by atoms with van der Waals surface area (Å²) < 4.78 is 13.6. The summed E-state index contributed by atoms with van der Waals surface area (Å²) in [6.45, 7) is 3.91. The van der Waals surface area contributed by atoms with E-state index >= 15 is 0 Å². The van der Waals surface area contributed by atoms with Crippen molar-refractivity contribution in [3.8, 4) is 0 Å². The number of hydrogen-bond donors (Lipinski definition) is 2. The summed E-state index contributed by atoms with van der Waals surface area (Å²) in [7, 11) is 0. The third kappa shape index (κ3) is 5.41. The van der Waals surface area contributed by atoms with E-state index in [-0.39, 0.29) is 30.1 Å². The van der Waals surface area contributed by atoms with Crippen LogP contribution in [0.1, 0.15) is 42.6 Å². The Bertz CT molecular complexity index is 746. The van der Waals surface area contributed by atoms with Crippen LogP contribution >= 0.6 is 0 Å². The van der Waals surface area contributed by atoms with Crippen molar-refractivity contribution < 1.29 is 14.0 Å². The molecule has 0 fully saturated rings. The number of benzene rings is 2. The Morgan fingerprint density at radius 3 is 2.48 bits per heavy atom. The Labute approximate surface area is 147 Å². The first-order chi connectivity index (χ1) is 12.0. The van der Waals surface area contributed by atoms with Crippen LogP contribution in [0, 0.1) is 5.82 Å². The molecule has 2 amide bonds. The van der Waals surface area contributed by atoms with E-state index in [0.29, 0.717) is 23.2 Å². The van der Waals surface area contributed by atoms with Crippen LogP contribution < -0.4 is 10.6 Å². The summed E-state index contributed by atoms with van der Waals surface area (Å²) in [4.78, 5) is 24.5. The molecular formula is C20H23FN2O2. The topological polar surface area (TPSA) is 58.2 Å². The number of para-hydroxylation sites is 1. The minimum Gasteiger partial charge on any atom is -0.350 e. The lowest BCUT2D eigenvalue weighted by Gasteiger charge is -2.14. The fourth-order valence-electron chi connectivity index (χ4n) is 2.36. The molecule has 1 atom stereocenters. The van der Waals surface area contributed by atoms with Crippen LogP contribution in [0.25, 0.3) is 0 Å². The van der Waals surface area contributed by atoms with Gasteiger partial charge < -0.3 is 10.6 Å². The third-order valence-corrected chi connectivity index (χ3v) is 4.01. The predicted molar refractivity (Wildman–Crippen MR) is 97.0 cm³/mol. The Morgan fingerprint density at radius 2 is 1.76 bits per heavy atom. The second-order valence-corrected chi connectivity index (χ2v) is 5.97. The highest BCUT2D eigenvalue weighted by Crippen LogP contribution is 2.16. The largest absolute Gasteiger partial charge is 0.350 e. The first kappa shape index (κ1) is 18.6. The lowest BCUT2D eigenvalue weighted by Crippen LogP contribution is -2.32. The molecule has 4 nitrogen and oxygen atoms in total. The van der Waals surface area contributed by atoms with Gasteiger partial charge in [0.2, 0.25) is 5.91 Å². The Kier molecular flexibility index (Phi) is 6.69. The summed E-state index contributed by atoms with van der Waals surface area (Å²) >= 11 is 0. The molecule has 0 saturated carbocycles. The Morgan fingerprint density at radius 1 is 1.08 bits per heavy atom. The lowest BCUT2D eigenvalue weighted by molar-refractivity contribution is -0.116. The van der Waals surface area contributed by atoms with E-state index in [1.54, 1.807) is 42.5 Å². The molecule has 0 spiro atoms. The van der Waals surface area contributed by atoms with Crippen LogP contribution in [0.5, 0.6) is 0 Å². The van der Waals surface area contributed by atoms with Gasteiger partial charge in [-0.3, -0.25) is 9.59 Å². The zero-order valence-corrected chi connectivity index (χ0v) is 14.5. The van der Waals surface area contributed by atoms with Gasteiger partial charge in [-0.15, -0.1) is 0 Å². The van der Waals surface area contributed by atoms with Gasteiger partial charge in [-0.2, -0.15) is 0 Å². The van der Waals surface area contributed by atoms with Gasteiger partial charge in [0.05, 0.1) is 11.3 Å². The zero-order chi connectivity index (χ0) is 18.2. The van der Waals surface area contributed by atoms with E-state index in [1.165, 1.54) is 6.07 Å². The highest BCUT2D eigenvalue weighted by Gasteiger charge is 2.14. The van der Waals surface area contributed by atoms with Gasteiger partial charge in [0.25, 0.3) is 5.91 Å². The Hall–Kier alpha value is -2.69. The zero-order valence-electron chi connectivity index (χ0n) is 14.5. The molecule has 0 aromatic heterocycles. The third-order valence-electron chi connectivity index (χ3n) is 4.01. The van der Waals surface area contributed by atoms with Gasteiger partial charge in [-0.25, -0.2) is 4.39 Å². The number of rotatable bonds is 7. The van der Waals surface area contributed by atoms with Crippen LogP contribution in [0.3, 0.4) is 0 Å². The molecule has 132 valence electrons. The average molecular weight is 342 g/mol. The summed E-state index contributed by atoms with van der Waals surface area (Å²) in [5, 5.41) is 5.64. The molecule has 2 aromatic rings. The maximum atomic E-state index is 13.6. The van der Waals surface area contributed by atoms with Crippen molar-refractivity contribution in [3.05, 3.63) is 65.5 Å². The van der Waals surface area contributed by atoms with E-state index in [0.717, 1.165) is 6.42 Å². The highest BCUT2D eigenvalue weighted by atomic mass is 19.1. The molecule has 0 saturated heterocycles. The first-order valence-corrected chi connectivity index (χ1v) is 8.44. The van der Waals surface area contributed by atoms with Crippen molar-refractivity contribution in [2.45, 2.75) is 39.2 Å². The maximum absolute atomic E-state index is 13.6. The van der Waals surface area contributed by atoms with E-state index in [2.05, 4.69) is 10.6 Å². The number of aryl methyl sites for hydroxylation is 1. The molecular weight excluding hydrogens is 319 g/mol. The number of carbonyl (C=O) groups is 2. The van der Waals surface area contributed by atoms with E-state index in [9.17, 15) is 14.0 Å². The fraction of sp³-hybridized carbons (Fsp3) is 0.300. The molecule has 2 aromatic carbocycles. The van der Waals surface area contributed by atoms with Gasteiger partial charge in [0.15, 0.2) is 0 Å². The van der Waals surface area contributed by atoms with Gasteiger partial charge in [-0.1, -0.05) is 37.3 Å². The number of anilines is 1. The van der Waals surface area contributed by atoms with Gasteiger partial charge >= 0.3 is 0 Å². The molecule has 5 heteroatoms. The molecule has 0 unspecified atom stereocenters. The standard InChI is InChI=1S/C20H23FN2O2/c1-3-14(2)22-20(25)16-9-5-7-11-18(16)23-19(24)13-12-15-8-4-6-10-17(15)21/h4-11,14H,3,12-13H2,1-2H3,(H,22,25)(H,23,24)/t14-/m0/s1. The number of amides is 2.